The molecule has 16 heavy (non-hydrogen) atoms. The van der Waals surface area contributed by atoms with E-state index in [4.69, 9.17) is 5.73 Å². The molecule has 1 rings (SSSR count). The maximum Gasteiger partial charge on any atom is 0.220 e. The van der Waals surface area contributed by atoms with Crippen molar-refractivity contribution in [2.45, 2.75) is 25.7 Å². The Morgan fingerprint density at radius 1 is 1.19 bits per heavy atom. The smallest absolute Gasteiger partial charge is 0.220 e. The van der Waals surface area contributed by atoms with E-state index in [0.29, 0.717) is 18.9 Å². The van der Waals surface area contributed by atoms with Crippen LogP contribution in [-0.4, -0.2) is 18.4 Å². The van der Waals surface area contributed by atoms with Crippen LogP contribution in [0.2, 0.25) is 0 Å². The minimum atomic E-state index is -0.387. The number of allylic oxidation sites excluding steroid dienone is 4. The Kier molecular flexibility index (Phi) is 5.32. The maximum absolute atomic E-state index is 11.3. The highest BCUT2D eigenvalue weighted by Gasteiger charge is 2.06. The molecule has 2 amide bonds. The van der Waals surface area contributed by atoms with Gasteiger partial charge in [0.25, 0.3) is 0 Å². The fourth-order valence-corrected chi connectivity index (χ4v) is 1.58. The van der Waals surface area contributed by atoms with E-state index in [-0.39, 0.29) is 18.2 Å². The van der Waals surface area contributed by atoms with E-state index < -0.39 is 0 Å². The minimum Gasteiger partial charge on any atom is -0.370 e. The third-order valence-corrected chi connectivity index (χ3v) is 2.46. The number of rotatable bonds is 7. The van der Waals surface area contributed by atoms with Crippen molar-refractivity contribution < 1.29 is 9.59 Å². The van der Waals surface area contributed by atoms with Gasteiger partial charge in [0.05, 0.1) is 0 Å². The van der Waals surface area contributed by atoms with Crippen LogP contribution in [0.25, 0.3) is 0 Å². The number of nitrogens with two attached hydrogens (primary N) is 1. The van der Waals surface area contributed by atoms with Crippen molar-refractivity contribution in [1.82, 2.24) is 5.32 Å². The molecule has 4 nitrogen and oxygen atoms in total. The summed E-state index contributed by atoms with van der Waals surface area (Å²) in [5.41, 5.74) is 4.96. The number of primary amides is 1. The highest BCUT2D eigenvalue weighted by molar-refractivity contribution is 5.77. The van der Waals surface area contributed by atoms with Gasteiger partial charge in [0.1, 0.15) is 0 Å². The van der Waals surface area contributed by atoms with Crippen LogP contribution in [0.15, 0.2) is 24.3 Å². The molecule has 4 heteroatoms. The average molecular weight is 222 g/mol. The molecule has 0 atom stereocenters. The molecule has 0 fully saturated rings. The monoisotopic (exact) mass is 222 g/mol. The molecule has 0 radical (unpaired) electrons. The number of amides is 2. The first-order valence-corrected chi connectivity index (χ1v) is 5.58. The Labute approximate surface area is 95.6 Å². The molecule has 0 heterocycles. The summed E-state index contributed by atoms with van der Waals surface area (Å²) in [5, 5.41) is 2.66. The van der Waals surface area contributed by atoms with E-state index in [0.717, 1.165) is 12.8 Å². The Hall–Kier alpha value is -1.58. The van der Waals surface area contributed by atoms with E-state index in [9.17, 15) is 9.59 Å². The number of nitrogens with one attached hydrogen (secondary N) is 1. The van der Waals surface area contributed by atoms with Crippen LogP contribution in [0.4, 0.5) is 0 Å². The van der Waals surface area contributed by atoms with Crippen LogP contribution in [0, 0.1) is 5.92 Å². The molecule has 0 saturated heterocycles. The SMILES string of the molecule is NC(=O)CCNC(=O)CCCC1C=CC=C1. The zero-order valence-corrected chi connectivity index (χ0v) is 9.32. The molecule has 0 bridgehead atoms. The second kappa shape index (κ2) is 6.82. The van der Waals surface area contributed by atoms with Crippen LogP contribution in [0.1, 0.15) is 25.7 Å². The molecule has 88 valence electrons. The van der Waals surface area contributed by atoms with E-state index in [1.165, 1.54) is 0 Å². The number of carbonyl (C=O) groups is 2. The number of hydrogen-bond donors (Lipinski definition) is 2. The number of carbonyl (C=O) groups excluding carboxylic acids is 2. The van der Waals surface area contributed by atoms with Crippen molar-refractivity contribution in [3.05, 3.63) is 24.3 Å². The van der Waals surface area contributed by atoms with Gasteiger partial charge in [-0.2, -0.15) is 0 Å². The summed E-state index contributed by atoms with van der Waals surface area (Å²) in [5.74, 6) is 0.0900. The van der Waals surface area contributed by atoms with E-state index >= 15 is 0 Å². The zero-order valence-electron chi connectivity index (χ0n) is 9.32. The molecule has 0 aromatic carbocycles. The van der Waals surface area contributed by atoms with E-state index in [2.05, 4.69) is 17.5 Å². The molecule has 3 N–H and O–H groups in total. The van der Waals surface area contributed by atoms with Crippen molar-refractivity contribution in [3.63, 3.8) is 0 Å². The molecule has 0 unspecified atom stereocenters. The first-order chi connectivity index (χ1) is 7.68. The lowest BCUT2D eigenvalue weighted by atomic mass is 10.0. The average Bonchev–Trinajstić information content (AvgIpc) is 2.70. The van der Waals surface area contributed by atoms with Crippen molar-refractivity contribution in [2.75, 3.05) is 6.54 Å². The third kappa shape index (κ3) is 5.34. The lowest BCUT2D eigenvalue weighted by Crippen LogP contribution is -2.27. The first-order valence-electron chi connectivity index (χ1n) is 5.58. The Bertz CT molecular complexity index is 296. The van der Waals surface area contributed by atoms with E-state index in [1.54, 1.807) is 0 Å². The second-order valence-corrected chi connectivity index (χ2v) is 3.89. The molecule has 1 aliphatic rings. The fraction of sp³-hybridized carbons (Fsp3) is 0.500. The molecule has 0 aliphatic heterocycles. The second-order valence-electron chi connectivity index (χ2n) is 3.89. The highest BCUT2D eigenvalue weighted by atomic mass is 16.2. The minimum absolute atomic E-state index is 0.00722. The molecule has 0 aromatic rings. The van der Waals surface area contributed by atoms with Gasteiger partial charge in [-0.1, -0.05) is 24.3 Å². The van der Waals surface area contributed by atoms with Gasteiger partial charge in [0.15, 0.2) is 0 Å². The topological polar surface area (TPSA) is 72.2 Å². The summed E-state index contributed by atoms with van der Waals surface area (Å²) in [6.45, 7) is 0.345. The van der Waals surface area contributed by atoms with Gasteiger partial charge in [-0.05, 0) is 18.8 Å². The molecule has 0 spiro atoms. The predicted molar refractivity (Wildman–Crippen MR) is 62.4 cm³/mol. The van der Waals surface area contributed by atoms with Gasteiger partial charge in [-0.25, -0.2) is 0 Å². The molecule has 0 saturated carbocycles. The van der Waals surface area contributed by atoms with Crippen LogP contribution in [0.5, 0.6) is 0 Å². The maximum atomic E-state index is 11.3. The predicted octanol–water partition coefficient (Wildman–Crippen LogP) is 0.890. The molecule has 0 aromatic heterocycles. The summed E-state index contributed by atoms with van der Waals surface area (Å²) >= 11 is 0. The Morgan fingerprint density at radius 3 is 2.50 bits per heavy atom. The lowest BCUT2D eigenvalue weighted by molar-refractivity contribution is -0.121. The summed E-state index contributed by atoms with van der Waals surface area (Å²) in [6.07, 6.45) is 10.9. The Balaban J connectivity index is 1.99. The standard InChI is InChI=1S/C12H18N2O2/c13-11(15)8-9-14-12(16)7-3-6-10-4-1-2-5-10/h1-2,4-5,10H,3,6-9H2,(H2,13,15)(H,14,16). The van der Waals surface area contributed by atoms with Crippen molar-refractivity contribution in [1.29, 1.82) is 0 Å². The molecule has 1 aliphatic carbocycles. The Morgan fingerprint density at radius 2 is 1.88 bits per heavy atom. The summed E-state index contributed by atoms with van der Waals surface area (Å²) in [4.78, 5) is 21.7. The lowest BCUT2D eigenvalue weighted by Gasteiger charge is -2.05. The summed E-state index contributed by atoms with van der Waals surface area (Å²) in [6, 6.07) is 0. The summed E-state index contributed by atoms with van der Waals surface area (Å²) in [7, 11) is 0. The van der Waals surface area contributed by atoms with Gasteiger partial charge < -0.3 is 11.1 Å². The van der Waals surface area contributed by atoms with Crippen LogP contribution >= 0.6 is 0 Å². The van der Waals surface area contributed by atoms with Gasteiger partial charge >= 0.3 is 0 Å². The third-order valence-electron chi connectivity index (χ3n) is 2.46. The fourth-order valence-electron chi connectivity index (χ4n) is 1.58. The van der Waals surface area contributed by atoms with Crippen LogP contribution < -0.4 is 11.1 Å². The van der Waals surface area contributed by atoms with Crippen LogP contribution in [-0.2, 0) is 9.59 Å². The van der Waals surface area contributed by atoms with Gasteiger partial charge in [-0.15, -0.1) is 0 Å². The van der Waals surface area contributed by atoms with Gasteiger partial charge in [0.2, 0.25) is 11.8 Å². The molecular formula is C12H18N2O2. The zero-order chi connectivity index (χ0) is 11.8. The van der Waals surface area contributed by atoms with E-state index in [1.807, 2.05) is 12.2 Å². The quantitative estimate of drug-likeness (QED) is 0.671. The highest BCUT2D eigenvalue weighted by Crippen LogP contribution is 2.15. The summed E-state index contributed by atoms with van der Waals surface area (Å²) < 4.78 is 0. The van der Waals surface area contributed by atoms with Gasteiger partial charge in [0, 0.05) is 19.4 Å². The van der Waals surface area contributed by atoms with Crippen molar-refractivity contribution >= 4 is 11.8 Å². The van der Waals surface area contributed by atoms with Crippen LogP contribution in [0.3, 0.4) is 0 Å². The van der Waals surface area contributed by atoms with Crippen molar-refractivity contribution in [3.8, 4) is 0 Å². The number of hydrogen-bond acceptors (Lipinski definition) is 2. The first kappa shape index (κ1) is 12.5. The van der Waals surface area contributed by atoms with Crippen molar-refractivity contribution in [2.24, 2.45) is 11.7 Å². The molecular weight excluding hydrogens is 204 g/mol. The normalized spacial score (nSPS) is 14.2. The largest absolute Gasteiger partial charge is 0.370 e. The van der Waals surface area contributed by atoms with Gasteiger partial charge in [-0.3, -0.25) is 9.59 Å².